The second-order valence-corrected chi connectivity index (χ2v) is 9.02. The van der Waals surface area contributed by atoms with Gasteiger partial charge in [-0.2, -0.15) is 0 Å². The highest BCUT2D eigenvalue weighted by molar-refractivity contribution is 6.10. The van der Waals surface area contributed by atoms with Crippen molar-refractivity contribution in [2.45, 2.75) is 0 Å². The van der Waals surface area contributed by atoms with Gasteiger partial charge in [0.15, 0.2) is 0 Å². The van der Waals surface area contributed by atoms with E-state index in [2.05, 4.69) is 144 Å². The van der Waals surface area contributed by atoms with Crippen LogP contribution in [0.15, 0.2) is 140 Å². The molecule has 35 heavy (non-hydrogen) atoms. The zero-order valence-corrected chi connectivity index (χ0v) is 19.2. The van der Waals surface area contributed by atoms with E-state index in [0.717, 1.165) is 0 Å². The van der Waals surface area contributed by atoms with E-state index >= 15 is 0 Å². The summed E-state index contributed by atoms with van der Waals surface area (Å²) in [6, 6.07) is 50.2. The molecule has 0 aliphatic heterocycles. The summed E-state index contributed by atoms with van der Waals surface area (Å²) in [6.45, 7) is 0. The van der Waals surface area contributed by atoms with Crippen LogP contribution in [0.3, 0.4) is 0 Å². The summed E-state index contributed by atoms with van der Waals surface area (Å²) >= 11 is 0. The molecule has 0 amide bonds. The molecule has 1 heteroatoms. The van der Waals surface area contributed by atoms with E-state index in [0.29, 0.717) is 0 Å². The van der Waals surface area contributed by atoms with E-state index in [1.54, 1.807) is 0 Å². The number of hydrogen-bond acceptors (Lipinski definition) is 0. The van der Waals surface area contributed by atoms with Crippen molar-refractivity contribution >= 4 is 32.6 Å². The smallest absolute Gasteiger partial charge is 0.0541 e. The van der Waals surface area contributed by atoms with Gasteiger partial charge < -0.3 is 4.57 Å². The first-order chi connectivity index (χ1) is 17.4. The summed E-state index contributed by atoms with van der Waals surface area (Å²) in [6.07, 6.45) is 0. The Morgan fingerprint density at radius 2 is 1.00 bits per heavy atom. The summed E-state index contributed by atoms with van der Waals surface area (Å²) in [5.41, 5.74) is 8.63. The normalized spacial score (nSPS) is 11.4. The van der Waals surface area contributed by atoms with Gasteiger partial charge in [-0.3, -0.25) is 0 Å². The lowest BCUT2D eigenvalue weighted by Crippen LogP contribution is -1.92. The number of fused-ring (bicyclic) bond motifs is 4. The highest BCUT2D eigenvalue weighted by Gasteiger charge is 2.13. The average molecular weight is 446 g/mol. The van der Waals surface area contributed by atoms with E-state index in [1.807, 2.05) is 0 Å². The minimum absolute atomic E-state index is 1.19. The van der Waals surface area contributed by atoms with Gasteiger partial charge in [0.1, 0.15) is 0 Å². The number of hydrogen-bond donors (Lipinski definition) is 0. The molecule has 6 aromatic carbocycles. The number of rotatable bonds is 3. The van der Waals surface area contributed by atoms with Gasteiger partial charge in [0.25, 0.3) is 0 Å². The highest BCUT2D eigenvalue weighted by Crippen LogP contribution is 2.36. The molecule has 1 aromatic heterocycles. The van der Waals surface area contributed by atoms with Crippen LogP contribution in [0, 0.1) is 0 Å². The Morgan fingerprint density at radius 3 is 1.86 bits per heavy atom. The molecule has 0 saturated heterocycles. The number of para-hydroxylation sites is 2. The Kier molecular flexibility index (Phi) is 4.53. The van der Waals surface area contributed by atoms with Crippen molar-refractivity contribution in [3.63, 3.8) is 0 Å². The van der Waals surface area contributed by atoms with E-state index in [1.165, 1.54) is 60.5 Å². The van der Waals surface area contributed by atoms with Crippen molar-refractivity contribution in [3.05, 3.63) is 140 Å². The second kappa shape index (κ2) is 8.00. The van der Waals surface area contributed by atoms with Crippen LogP contribution < -0.4 is 0 Å². The van der Waals surface area contributed by atoms with Gasteiger partial charge in [-0.1, -0.05) is 109 Å². The van der Waals surface area contributed by atoms with Crippen LogP contribution in [0.2, 0.25) is 0 Å². The molecule has 0 unspecified atom stereocenters. The zero-order chi connectivity index (χ0) is 23.2. The fourth-order valence-corrected chi connectivity index (χ4v) is 5.33. The molecule has 7 rings (SSSR count). The van der Waals surface area contributed by atoms with Gasteiger partial charge in [-0.05, 0) is 63.4 Å². The number of nitrogens with zero attached hydrogens (tertiary/aromatic N) is 1. The van der Waals surface area contributed by atoms with Crippen molar-refractivity contribution in [2.24, 2.45) is 0 Å². The number of aromatic nitrogens is 1. The minimum atomic E-state index is 1.19. The van der Waals surface area contributed by atoms with E-state index in [9.17, 15) is 0 Å². The van der Waals surface area contributed by atoms with Crippen molar-refractivity contribution in [1.29, 1.82) is 0 Å². The molecule has 0 bridgehead atoms. The summed E-state index contributed by atoms with van der Waals surface area (Å²) < 4.78 is 2.36. The van der Waals surface area contributed by atoms with E-state index in [4.69, 9.17) is 0 Å². The Balaban J connectivity index is 1.35. The van der Waals surface area contributed by atoms with Crippen molar-refractivity contribution in [2.75, 3.05) is 0 Å². The lowest BCUT2D eigenvalue weighted by molar-refractivity contribution is 1.18. The summed E-state index contributed by atoms with van der Waals surface area (Å²) in [5.74, 6) is 0. The van der Waals surface area contributed by atoms with E-state index in [-0.39, 0.29) is 0 Å². The zero-order valence-electron chi connectivity index (χ0n) is 19.2. The van der Waals surface area contributed by atoms with Crippen LogP contribution in [-0.4, -0.2) is 4.57 Å². The number of benzene rings is 6. The van der Waals surface area contributed by atoms with Crippen LogP contribution in [0.5, 0.6) is 0 Å². The van der Waals surface area contributed by atoms with Crippen LogP contribution in [-0.2, 0) is 0 Å². The van der Waals surface area contributed by atoms with Gasteiger partial charge in [0.05, 0.1) is 11.0 Å². The Labute approximate surface area is 204 Å². The standard InChI is InChI=1S/C34H23N/c1-2-11-28(12-3-1)35-33-16-7-6-14-31(33)32-23-27(21-22-34(32)35)24-17-19-26(20-18-24)30-15-8-10-25-9-4-5-13-29(25)30/h1-23H. The van der Waals surface area contributed by atoms with Gasteiger partial charge in [-0.15, -0.1) is 0 Å². The maximum atomic E-state index is 2.36. The third-order valence-corrected chi connectivity index (χ3v) is 7.01. The molecule has 0 spiro atoms. The summed E-state index contributed by atoms with van der Waals surface area (Å²) in [5, 5.41) is 5.12. The van der Waals surface area contributed by atoms with Crippen LogP contribution in [0.25, 0.3) is 60.5 Å². The molecule has 0 aliphatic carbocycles. The molecule has 1 nitrogen and oxygen atoms in total. The predicted octanol–water partition coefficient (Wildman–Crippen LogP) is 9.27. The fourth-order valence-electron chi connectivity index (χ4n) is 5.33. The molecule has 0 saturated carbocycles. The van der Waals surface area contributed by atoms with Crippen LogP contribution >= 0.6 is 0 Å². The molecular weight excluding hydrogens is 422 g/mol. The molecule has 7 aromatic rings. The van der Waals surface area contributed by atoms with Crippen molar-refractivity contribution in [1.82, 2.24) is 4.57 Å². The van der Waals surface area contributed by atoms with Gasteiger partial charge in [-0.25, -0.2) is 0 Å². The molecule has 0 atom stereocenters. The topological polar surface area (TPSA) is 4.93 Å². The molecular formula is C34H23N. The van der Waals surface area contributed by atoms with Gasteiger partial charge in [0, 0.05) is 16.5 Å². The summed E-state index contributed by atoms with van der Waals surface area (Å²) in [7, 11) is 0. The third-order valence-electron chi connectivity index (χ3n) is 7.01. The first kappa shape index (κ1) is 19.8. The second-order valence-electron chi connectivity index (χ2n) is 9.02. The Bertz CT molecular complexity index is 1820. The first-order valence-corrected chi connectivity index (χ1v) is 12.0. The molecule has 0 fully saturated rings. The highest BCUT2D eigenvalue weighted by atomic mass is 15.0. The molecule has 0 radical (unpaired) electrons. The van der Waals surface area contributed by atoms with Crippen LogP contribution in [0.4, 0.5) is 0 Å². The van der Waals surface area contributed by atoms with Crippen LogP contribution in [0.1, 0.15) is 0 Å². The Morgan fingerprint density at radius 1 is 0.371 bits per heavy atom. The molecule has 1 heterocycles. The van der Waals surface area contributed by atoms with Crippen molar-refractivity contribution < 1.29 is 0 Å². The van der Waals surface area contributed by atoms with Gasteiger partial charge >= 0.3 is 0 Å². The average Bonchev–Trinajstić information content (AvgIpc) is 3.27. The molecule has 0 aliphatic rings. The SMILES string of the molecule is c1ccc(-n2c3ccccc3c3cc(-c4ccc(-c5cccc6ccccc56)cc4)ccc32)cc1. The monoisotopic (exact) mass is 445 g/mol. The minimum Gasteiger partial charge on any atom is -0.309 e. The lowest BCUT2D eigenvalue weighted by atomic mass is 9.96. The summed E-state index contributed by atoms with van der Waals surface area (Å²) in [4.78, 5) is 0. The van der Waals surface area contributed by atoms with Crippen molar-refractivity contribution in [3.8, 4) is 27.9 Å². The quantitative estimate of drug-likeness (QED) is 0.255. The third kappa shape index (κ3) is 3.25. The molecule has 164 valence electrons. The molecule has 0 N–H and O–H groups in total. The lowest BCUT2D eigenvalue weighted by Gasteiger charge is -2.09. The maximum Gasteiger partial charge on any atom is 0.0541 e. The Hall–Kier alpha value is -4.62. The first-order valence-electron chi connectivity index (χ1n) is 12.0. The maximum absolute atomic E-state index is 2.36. The van der Waals surface area contributed by atoms with E-state index < -0.39 is 0 Å². The fraction of sp³-hybridized carbons (Fsp3) is 0. The van der Waals surface area contributed by atoms with Gasteiger partial charge in [0.2, 0.25) is 0 Å². The largest absolute Gasteiger partial charge is 0.309 e. The predicted molar refractivity (Wildman–Crippen MR) is 149 cm³/mol.